The maximum absolute atomic E-state index is 3.69. The molecule has 2 heteroatoms. The Kier molecular flexibility index (Phi) is 3.72. The monoisotopic (exact) mass is 232 g/mol. The van der Waals surface area contributed by atoms with E-state index in [9.17, 15) is 0 Å². The SMILES string of the molecule is CCC1(CN(C)c2cccc(C)c2)CCCN1. The molecule has 1 unspecified atom stereocenters. The summed E-state index contributed by atoms with van der Waals surface area (Å²) in [6.45, 7) is 6.73. The first-order chi connectivity index (χ1) is 8.15. The van der Waals surface area contributed by atoms with Gasteiger partial charge in [-0.25, -0.2) is 0 Å². The number of hydrogen-bond donors (Lipinski definition) is 1. The highest BCUT2D eigenvalue weighted by Crippen LogP contribution is 2.26. The van der Waals surface area contributed by atoms with E-state index in [1.165, 1.54) is 37.1 Å². The molecule has 1 aliphatic heterocycles. The van der Waals surface area contributed by atoms with Gasteiger partial charge in [0.05, 0.1) is 0 Å². The molecule has 94 valence electrons. The maximum Gasteiger partial charge on any atom is 0.0366 e. The Morgan fingerprint density at radius 2 is 2.24 bits per heavy atom. The fraction of sp³-hybridized carbons (Fsp3) is 0.600. The second-order valence-electron chi connectivity index (χ2n) is 5.36. The topological polar surface area (TPSA) is 15.3 Å². The number of nitrogens with one attached hydrogen (secondary N) is 1. The zero-order valence-corrected chi connectivity index (χ0v) is 11.3. The Balaban J connectivity index is 2.07. The minimum atomic E-state index is 0.332. The van der Waals surface area contributed by atoms with Crippen molar-refractivity contribution >= 4 is 5.69 Å². The van der Waals surface area contributed by atoms with Crippen molar-refractivity contribution in [2.75, 3.05) is 25.0 Å². The molecule has 0 aromatic heterocycles. The molecule has 0 amide bonds. The van der Waals surface area contributed by atoms with Crippen LogP contribution in [0.5, 0.6) is 0 Å². The van der Waals surface area contributed by atoms with Crippen molar-refractivity contribution in [1.29, 1.82) is 0 Å². The van der Waals surface area contributed by atoms with Gasteiger partial charge >= 0.3 is 0 Å². The number of hydrogen-bond acceptors (Lipinski definition) is 2. The first kappa shape index (κ1) is 12.4. The van der Waals surface area contributed by atoms with Gasteiger partial charge in [-0.1, -0.05) is 19.1 Å². The summed E-state index contributed by atoms with van der Waals surface area (Å²) in [5, 5.41) is 3.69. The van der Waals surface area contributed by atoms with Crippen LogP contribution in [0.15, 0.2) is 24.3 Å². The Hall–Kier alpha value is -1.02. The smallest absolute Gasteiger partial charge is 0.0366 e. The molecule has 1 aromatic carbocycles. The fourth-order valence-corrected chi connectivity index (χ4v) is 2.83. The Morgan fingerprint density at radius 3 is 2.82 bits per heavy atom. The summed E-state index contributed by atoms with van der Waals surface area (Å²) in [5.74, 6) is 0. The zero-order chi connectivity index (χ0) is 12.3. The van der Waals surface area contributed by atoms with Crippen LogP contribution < -0.4 is 10.2 Å². The molecule has 1 saturated heterocycles. The van der Waals surface area contributed by atoms with Crippen LogP contribution in [-0.4, -0.2) is 25.7 Å². The lowest BCUT2D eigenvalue weighted by atomic mass is 9.93. The van der Waals surface area contributed by atoms with Crippen molar-refractivity contribution in [2.24, 2.45) is 0 Å². The fourth-order valence-electron chi connectivity index (χ4n) is 2.83. The molecule has 1 aliphatic rings. The van der Waals surface area contributed by atoms with Crippen LogP contribution in [0.3, 0.4) is 0 Å². The van der Waals surface area contributed by atoms with Crippen molar-refractivity contribution in [1.82, 2.24) is 5.32 Å². The first-order valence-corrected chi connectivity index (χ1v) is 6.68. The number of aryl methyl sites for hydroxylation is 1. The second-order valence-corrected chi connectivity index (χ2v) is 5.36. The summed E-state index contributed by atoms with van der Waals surface area (Å²) in [7, 11) is 2.20. The van der Waals surface area contributed by atoms with Crippen LogP contribution in [0, 0.1) is 6.92 Å². The predicted octanol–water partition coefficient (Wildman–Crippen LogP) is 2.96. The van der Waals surface area contributed by atoms with Gasteiger partial charge in [0.15, 0.2) is 0 Å². The van der Waals surface area contributed by atoms with E-state index in [4.69, 9.17) is 0 Å². The molecule has 1 aromatic rings. The number of benzene rings is 1. The number of nitrogens with zero attached hydrogens (tertiary/aromatic N) is 1. The quantitative estimate of drug-likeness (QED) is 0.858. The molecule has 1 atom stereocenters. The van der Waals surface area contributed by atoms with Crippen LogP contribution in [0.2, 0.25) is 0 Å². The van der Waals surface area contributed by atoms with Gasteiger partial charge in [-0.3, -0.25) is 0 Å². The van der Waals surface area contributed by atoms with E-state index in [0.29, 0.717) is 5.54 Å². The van der Waals surface area contributed by atoms with E-state index in [0.717, 1.165) is 6.54 Å². The molecular formula is C15H24N2. The van der Waals surface area contributed by atoms with E-state index in [-0.39, 0.29) is 0 Å². The van der Waals surface area contributed by atoms with Crippen molar-refractivity contribution < 1.29 is 0 Å². The molecule has 2 nitrogen and oxygen atoms in total. The third kappa shape index (κ3) is 2.81. The van der Waals surface area contributed by atoms with E-state index >= 15 is 0 Å². The predicted molar refractivity (Wildman–Crippen MR) is 74.7 cm³/mol. The lowest BCUT2D eigenvalue weighted by molar-refractivity contribution is 0.367. The van der Waals surface area contributed by atoms with E-state index in [1.807, 2.05) is 0 Å². The van der Waals surface area contributed by atoms with Gasteiger partial charge in [-0.2, -0.15) is 0 Å². The van der Waals surface area contributed by atoms with E-state index in [1.54, 1.807) is 0 Å². The van der Waals surface area contributed by atoms with Crippen LogP contribution >= 0.6 is 0 Å². The minimum absolute atomic E-state index is 0.332. The molecule has 0 radical (unpaired) electrons. The maximum atomic E-state index is 3.69. The van der Waals surface area contributed by atoms with Gasteiger partial charge < -0.3 is 10.2 Å². The van der Waals surface area contributed by atoms with Gasteiger partial charge in [0.25, 0.3) is 0 Å². The standard InChI is InChI=1S/C15H24N2/c1-4-15(9-6-10-16-15)12-17(3)14-8-5-7-13(2)11-14/h5,7-8,11,16H,4,6,9-10,12H2,1-3H3. The first-order valence-electron chi connectivity index (χ1n) is 6.68. The molecule has 17 heavy (non-hydrogen) atoms. The number of likely N-dealkylation sites (N-methyl/N-ethyl adjacent to an activating group) is 1. The summed E-state index contributed by atoms with van der Waals surface area (Å²) in [6, 6.07) is 8.76. The van der Waals surface area contributed by atoms with Crippen LogP contribution in [0.1, 0.15) is 31.7 Å². The molecule has 0 aliphatic carbocycles. The van der Waals surface area contributed by atoms with Crippen molar-refractivity contribution in [2.45, 2.75) is 38.6 Å². The molecule has 1 fully saturated rings. The normalized spacial score (nSPS) is 23.9. The molecule has 0 saturated carbocycles. The molecule has 2 rings (SSSR count). The summed E-state index contributed by atoms with van der Waals surface area (Å²) in [5.41, 5.74) is 2.99. The Labute approximate surface area is 105 Å². The summed E-state index contributed by atoms with van der Waals surface area (Å²) in [4.78, 5) is 2.38. The van der Waals surface area contributed by atoms with E-state index < -0.39 is 0 Å². The highest BCUT2D eigenvalue weighted by atomic mass is 15.2. The summed E-state index contributed by atoms with van der Waals surface area (Å²) < 4.78 is 0. The lowest BCUT2D eigenvalue weighted by Gasteiger charge is -2.34. The van der Waals surface area contributed by atoms with Crippen LogP contribution in [0.25, 0.3) is 0 Å². The van der Waals surface area contributed by atoms with Crippen LogP contribution in [-0.2, 0) is 0 Å². The van der Waals surface area contributed by atoms with Gasteiger partial charge in [-0.05, 0) is 50.4 Å². The average molecular weight is 232 g/mol. The minimum Gasteiger partial charge on any atom is -0.373 e. The molecule has 0 spiro atoms. The lowest BCUT2D eigenvalue weighted by Crippen LogP contribution is -2.48. The number of anilines is 1. The van der Waals surface area contributed by atoms with Crippen LogP contribution in [0.4, 0.5) is 5.69 Å². The van der Waals surface area contributed by atoms with Crippen molar-refractivity contribution in [3.05, 3.63) is 29.8 Å². The summed E-state index contributed by atoms with van der Waals surface area (Å²) >= 11 is 0. The van der Waals surface area contributed by atoms with Crippen molar-refractivity contribution in [3.63, 3.8) is 0 Å². The Bertz CT molecular complexity index is 367. The zero-order valence-electron chi connectivity index (χ0n) is 11.3. The van der Waals surface area contributed by atoms with Gasteiger partial charge in [0.2, 0.25) is 0 Å². The van der Waals surface area contributed by atoms with E-state index in [2.05, 4.69) is 55.4 Å². The highest BCUT2D eigenvalue weighted by molar-refractivity contribution is 5.48. The third-order valence-corrected chi connectivity index (χ3v) is 3.99. The van der Waals surface area contributed by atoms with Crippen molar-refractivity contribution in [3.8, 4) is 0 Å². The molecular weight excluding hydrogens is 208 g/mol. The van der Waals surface area contributed by atoms with Gasteiger partial charge in [0.1, 0.15) is 0 Å². The van der Waals surface area contributed by atoms with Gasteiger partial charge in [-0.15, -0.1) is 0 Å². The molecule has 1 N–H and O–H groups in total. The second kappa shape index (κ2) is 5.09. The largest absolute Gasteiger partial charge is 0.373 e. The third-order valence-electron chi connectivity index (χ3n) is 3.99. The molecule has 0 bridgehead atoms. The highest BCUT2D eigenvalue weighted by Gasteiger charge is 2.32. The summed E-state index contributed by atoms with van der Waals surface area (Å²) in [6.07, 6.45) is 3.83. The average Bonchev–Trinajstić information content (AvgIpc) is 2.78. The number of rotatable bonds is 4. The van der Waals surface area contributed by atoms with Gasteiger partial charge in [0, 0.05) is 24.8 Å². The Morgan fingerprint density at radius 1 is 1.41 bits per heavy atom. The molecule has 1 heterocycles.